The van der Waals surface area contributed by atoms with Crippen LogP contribution < -0.4 is 0 Å². The molecule has 0 amide bonds. The van der Waals surface area contributed by atoms with Gasteiger partial charge in [0.15, 0.2) is 0 Å². The first-order chi connectivity index (χ1) is 4.46. The van der Waals surface area contributed by atoms with E-state index in [4.69, 9.17) is 10.2 Å². The number of carbonyl (C=O) groups is 2. The number of carboxylic acids is 2. The van der Waals surface area contributed by atoms with Gasteiger partial charge >= 0.3 is 11.9 Å². The molecule has 0 aliphatic carbocycles. The zero-order valence-corrected chi connectivity index (χ0v) is 5.71. The Balaban J connectivity index is 4.67. The summed E-state index contributed by atoms with van der Waals surface area (Å²) in [7, 11) is 0. The molecule has 0 unspecified atom stereocenters. The summed E-state index contributed by atoms with van der Waals surface area (Å²) >= 11 is 0. The Morgan fingerprint density at radius 3 is 1.20 bits per heavy atom. The van der Waals surface area contributed by atoms with Crippen LogP contribution in [0.2, 0.25) is 0 Å². The Morgan fingerprint density at radius 1 is 0.900 bits per heavy atom. The Morgan fingerprint density at radius 2 is 1.10 bits per heavy atom. The minimum atomic E-state index is -1.19. The fourth-order valence-corrected chi connectivity index (χ4v) is 0.321. The van der Waals surface area contributed by atoms with E-state index in [9.17, 15) is 9.59 Å². The summed E-state index contributed by atoms with van der Waals surface area (Å²) < 4.78 is 0. The van der Waals surface area contributed by atoms with Crippen LogP contribution in [-0.4, -0.2) is 22.2 Å². The normalized spacial score (nSPS) is 12.2. The van der Waals surface area contributed by atoms with Crippen LogP contribution in [0.4, 0.5) is 0 Å². The summed E-state index contributed by atoms with van der Waals surface area (Å²) in [6.45, 7) is 2.51. The van der Waals surface area contributed by atoms with E-state index in [0.29, 0.717) is 0 Å². The zero-order chi connectivity index (χ0) is 8.31. The summed E-state index contributed by atoms with van der Waals surface area (Å²) in [4.78, 5) is 20.2. The van der Waals surface area contributed by atoms with Gasteiger partial charge in [-0.05, 0) is 13.8 Å². The number of rotatable bonds is 2. The quantitative estimate of drug-likeness (QED) is 0.553. The fourth-order valence-electron chi connectivity index (χ4n) is 0.321. The highest BCUT2D eigenvalue weighted by Gasteiger charge is 2.09. The van der Waals surface area contributed by atoms with Crippen molar-refractivity contribution in [1.29, 1.82) is 0 Å². The van der Waals surface area contributed by atoms with E-state index >= 15 is 0 Å². The number of aliphatic carboxylic acids is 2. The molecule has 0 saturated carbocycles. The third-order valence-electron chi connectivity index (χ3n) is 1.20. The van der Waals surface area contributed by atoms with Gasteiger partial charge in [-0.3, -0.25) is 0 Å². The third kappa shape index (κ3) is 1.89. The van der Waals surface area contributed by atoms with Gasteiger partial charge in [0.1, 0.15) is 0 Å². The Hall–Kier alpha value is -1.32. The topological polar surface area (TPSA) is 74.6 Å². The maximum Gasteiger partial charge on any atom is 0.331 e. The van der Waals surface area contributed by atoms with E-state index in [1.807, 2.05) is 0 Å². The highest BCUT2D eigenvalue weighted by molar-refractivity contribution is 5.97. The van der Waals surface area contributed by atoms with Gasteiger partial charge < -0.3 is 10.2 Å². The van der Waals surface area contributed by atoms with E-state index in [2.05, 4.69) is 0 Å². The van der Waals surface area contributed by atoms with Gasteiger partial charge in [0.2, 0.25) is 0 Å². The summed E-state index contributed by atoms with van der Waals surface area (Å²) in [5, 5.41) is 16.6. The largest absolute Gasteiger partial charge is 0.478 e. The van der Waals surface area contributed by atoms with Gasteiger partial charge in [0, 0.05) is 11.1 Å². The number of hydrogen-bond acceptors (Lipinski definition) is 2. The SMILES string of the molecule is CC(C(=O)O)=C(C)C(=O)O. The molecule has 0 fully saturated rings. The van der Waals surface area contributed by atoms with Crippen molar-refractivity contribution in [2.45, 2.75) is 13.8 Å². The molecule has 0 heterocycles. The highest BCUT2D eigenvalue weighted by atomic mass is 16.4. The first kappa shape index (κ1) is 8.68. The van der Waals surface area contributed by atoms with E-state index in [0.717, 1.165) is 0 Å². The van der Waals surface area contributed by atoms with Crippen LogP contribution in [0.5, 0.6) is 0 Å². The lowest BCUT2D eigenvalue weighted by atomic mass is 10.1. The molecule has 56 valence electrons. The fraction of sp³-hybridized carbons (Fsp3) is 0.333. The van der Waals surface area contributed by atoms with Crippen molar-refractivity contribution in [2.75, 3.05) is 0 Å². The van der Waals surface area contributed by atoms with Crippen molar-refractivity contribution in [3.05, 3.63) is 11.1 Å². The van der Waals surface area contributed by atoms with Gasteiger partial charge in [-0.25, -0.2) is 9.59 Å². The lowest BCUT2D eigenvalue weighted by Crippen LogP contribution is -2.06. The maximum atomic E-state index is 10.1. The molecule has 4 heteroatoms. The Kier molecular flexibility index (Phi) is 2.61. The summed E-state index contributed by atoms with van der Waals surface area (Å²) in [6.07, 6.45) is 0. The van der Waals surface area contributed by atoms with E-state index in [1.165, 1.54) is 13.8 Å². The lowest BCUT2D eigenvalue weighted by molar-refractivity contribution is -0.135. The molecule has 4 nitrogen and oxygen atoms in total. The predicted octanol–water partition coefficient (Wildman–Crippen LogP) is 0.492. The molecule has 0 aromatic heterocycles. The molecular formula is C6H8O4. The molecule has 0 radical (unpaired) electrons. The minimum absolute atomic E-state index is 0.132. The van der Waals surface area contributed by atoms with Crippen LogP contribution in [-0.2, 0) is 9.59 Å². The molecule has 0 spiro atoms. The van der Waals surface area contributed by atoms with Gasteiger partial charge in [-0.2, -0.15) is 0 Å². The first-order valence-electron chi connectivity index (χ1n) is 2.61. The highest BCUT2D eigenvalue weighted by Crippen LogP contribution is 2.02. The van der Waals surface area contributed by atoms with E-state index < -0.39 is 11.9 Å². The van der Waals surface area contributed by atoms with E-state index in [-0.39, 0.29) is 11.1 Å². The van der Waals surface area contributed by atoms with Crippen molar-refractivity contribution >= 4 is 11.9 Å². The predicted molar refractivity (Wildman–Crippen MR) is 33.6 cm³/mol. The molecule has 2 N–H and O–H groups in total. The van der Waals surface area contributed by atoms with Crippen LogP contribution in [0.3, 0.4) is 0 Å². The van der Waals surface area contributed by atoms with Crippen molar-refractivity contribution in [1.82, 2.24) is 0 Å². The molecule has 0 aliphatic heterocycles. The standard InChI is InChI=1S/C6H8O4/c1-3(5(7)8)4(2)6(9)10/h1-2H3,(H,7,8)(H,9,10). The van der Waals surface area contributed by atoms with Crippen LogP contribution in [0.15, 0.2) is 11.1 Å². The Bertz CT molecular complexity index is 180. The number of hydrogen-bond donors (Lipinski definition) is 2. The van der Waals surface area contributed by atoms with Crippen molar-refractivity contribution in [3.63, 3.8) is 0 Å². The zero-order valence-electron chi connectivity index (χ0n) is 5.71. The molecule has 0 atom stereocenters. The number of carboxylic acid groups (broad SMARTS) is 2. The van der Waals surface area contributed by atoms with Gasteiger partial charge in [0.05, 0.1) is 0 Å². The van der Waals surface area contributed by atoms with Gasteiger partial charge in [-0.15, -0.1) is 0 Å². The van der Waals surface area contributed by atoms with Crippen molar-refractivity contribution in [3.8, 4) is 0 Å². The van der Waals surface area contributed by atoms with Crippen molar-refractivity contribution in [2.24, 2.45) is 0 Å². The maximum absolute atomic E-state index is 10.1. The van der Waals surface area contributed by atoms with Crippen LogP contribution in [0.1, 0.15) is 13.8 Å². The monoisotopic (exact) mass is 144 g/mol. The Labute approximate surface area is 57.8 Å². The lowest BCUT2D eigenvalue weighted by Gasteiger charge is -1.95. The average Bonchev–Trinajstić information content (AvgIpc) is 1.84. The summed E-state index contributed by atoms with van der Waals surface area (Å²) in [5.74, 6) is -2.39. The van der Waals surface area contributed by atoms with Crippen LogP contribution in [0.25, 0.3) is 0 Å². The summed E-state index contributed by atoms with van der Waals surface area (Å²) in [6, 6.07) is 0. The first-order valence-corrected chi connectivity index (χ1v) is 2.61. The summed E-state index contributed by atoms with van der Waals surface area (Å²) in [5.41, 5.74) is -0.264. The molecule has 0 saturated heterocycles. The average molecular weight is 144 g/mol. The van der Waals surface area contributed by atoms with E-state index in [1.54, 1.807) is 0 Å². The second-order valence-electron chi connectivity index (χ2n) is 1.86. The third-order valence-corrected chi connectivity index (χ3v) is 1.20. The van der Waals surface area contributed by atoms with Crippen molar-refractivity contribution < 1.29 is 19.8 Å². The van der Waals surface area contributed by atoms with Gasteiger partial charge in [0.25, 0.3) is 0 Å². The molecule has 0 aliphatic rings. The van der Waals surface area contributed by atoms with Gasteiger partial charge in [-0.1, -0.05) is 0 Å². The van der Waals surface area contributed by atoms with Crippen LogP contribution >= 0.6 is 0 Å². The molecular weight excluding hydrogens is 136 g/mol. The minimum Gasteiger partial charge on any atom is -0.478 e. The molecule has 0 aromatic carbocycles. The second-order valence-corrected chi connectivity index (χ2v) is 1.86. The molecule has 10 heavy (non-hydrogen) atoms. The van der Waals surface area contributed by atoms with Crippen LogP contribution in [0, 0.1) is 0 Å². The second kappa shape index (κ2) is 3.00. The molecule has 0 rings (SSSR count). The smallest absolute Gasteiger partial charge is 0.331 e. The molecule has 0 bridgehead atoms. The molecule has 0 aromatic rings.